The van der Waals surface area contributed by atoms with Gasteiger partial charge >= 0.3 is 0 Å². The summed E-state index contributed by atoms with van der Waals surface area (Å²) in [5.41, 5.74) is 1.19. The molecule has 2 heterocycles. The Morgan fingerprint density at radius 3 is 2.83 bits per heavy atom. The maximum Gasteiger partial charge on any atom is 0.219 e. The van der Waals surface area contributed by atoms with Crippen LogP contribution in [0.15, 0.2) is 16.7 Å². The average Bonchev–Trinajstić information content (AvgIpc) is 2.58. The zero-order valence-corrected chi connectivity index (χ0v) is 12.4. The molecule has 1 amide bonds. The van der Waals surface area contributed by atoms with Gasteiger partial charge in [-0.15, -0.1) is 0 Å². The third kappa shape index (κ3) is 2.83. The molecular formula is C13H18BrN3O. The summed E-state index contributed by atoms with van der Waals surface area (Å²) in [6, 6.07) is 1.99. The van der Waals surface area contributed by atoms with Crippen molar-refractivity contribution in [3.05, 3.63) is 22.3 Å². The van der Waals surface area contributed by atoms with Gasteiger partial charge in [0.2, 0.25) is 5.91 Å². The minimum atomic E-state index is 0.160. The van der Waals surface area contributed by atoms with Crippen LogP contribution in [0.2, 0.25) is 0 Å². The standard InChI is InChI=1S/C13H18BrN3O/c1-10-4-5-15-13(12(10)14)17-7-3-6-16(8-9-17)11(2)18/h4-5H,3,6-9H2,1-2H3. The maximum atomic E-state index is 11.4. The molecule has 1 aliphatic heterocycles. The largest absolute Gasteiger partial charge is 0.354 e. The first-order valence-electron chi connectivity index (χ1n) is 6.21. The van der Waals surface area contributed by atoms with Gasteiger partial charge in [-0.25, -0.2) is 4.98 Å². The molecule has 0 unspecified atom stereocenters. The number of aromatic nitrogens is 1. The summed E-state index contributed by atoms with van der Waals surface area (Å²) in [6.07, 6.45) is 2.82. The van der Waals surface area contributed by atoms with Gasteiger partial charge in [-0.3, -0.25) is 4.79 Å². The lowest BCUT2D eigenvalue weighted by atomic mass is 10.3. The van der Waals surface area contributed by atoms with Crippen LogP contribution in [0.4, 0.5) is 5.82 Å². The van der Waals surface area contributed by atoms with E-state index in [0.29, 0.717) is 0 Å². The predicted molar refractivity (Wildman–Crippen MR) is 75.8 cm³/mol. The lowest BCUT2D eigenvalue weighted by Gasteiger charge is -2.23. The number of anilines is 1. The van der Waals surface area contributed by atoms with E-state index in [0.717, 1.165) is 42.9 Å². The fourth-order valence-corrected chi connectivity index (χ4v) is 2.68. The van der Waals surface area contributed by atoms with Gasteiger partial charge in [-0.05, 0) is 40.9 Å². The van der Waals surface area contributed by atoms with Gasteiger partial charge in [0, 0.05) is 39.3 Å². The topological polar surface area (TPSA) is 36.4 Å². The molecule has 2 rings (SSSR count). The maximum absolute atomic E-state index is 11.4. The van der Waals surface area contributed by atoms with Crippen LogP contribution in [0.5, 0.6) is 0 Å². The summed E-state index contributed by atoms with van der Waals surface area (Å²) in [5.74, 6) is 1.15. The Labute approximate surface area is 116 Å². The van der Waals surface area contributed by atoms with Crippen LogP contribution < -0.4 is 4.90 Å². The van der Waals surface area contributed by atoms with E-state index in [1.165, 1.54) is 5.56 Å². The van der Waals surface area contributed by atoms with Crippen LogP contribution in [0, 0.1) is 6.92 Å². The van der Waals surface area contributed by atoms with Crippen LogP contribution in [0.25, 0.3) is 0 Å². The van der Waals surface area contributed by atoms with Crippen molar-refractivity contribution in [3.63, 3.8) is 0 Å². The van der Waals surface area contributed by atoms with Crippen molar-refractivity contribution in [2.45, 2.75) is 20.3 Å². The minimum Gasteiger partial charge on any atom is -0.354 e. The number of aryl methyl sites for hydroxylation is 1. The van der Waals surface area contributed by atoms with Crippen molar-refractivity contribution in [3.8, 4) is 0 Å². The molecular weight excluding hydrogens is 294 g/mol. The first-order chi connectivity index (χ1) is 8.59. The first-order valence-corrected chi connectivity index (χ1v) is 7.00. The Morgan fingerprint density at radius 2 is 2.11 bits per heavy atom. The monoisotopic (exact) mass is 311 g/mol. The van der Waals surface area contributed by atoms with Gasteiger partial charge in [0.15, 0.2) is 0 Å². The van der Waals surface area contributed by atoms with Crippen molar-refractivity contribution >= 4 is 27.7 Å². The molecule has 18 heavy (non-hydrogen) atoms. The molecule has 0 spiro atoms. The van der Waals surface area contributed by atoms with Gasteiger partial charge in [-0.1, -0.05) is 0 Å². The van der Waals surface area contributed by atoms with E-state index in [1.54, 1.807) is 6.92 Å². The highest BCUT2D eigenvalue weighted by atomic mass is 79.9. The van der Waals surface area contributed by atoms with Crippen molar-refractivity contribution in [2.75, 3.05) is 31.1 Å². The molecule has 1 aliphatic rings. The van der Waals surface area contributed by atoms with Crippen LogP contribution in [0.1, 0.15) is 18.9 Å². The van der Waals surface area contributed by atoms with Gasteiger partial charge in [0.1, 0.15) is 5.82 Å². The molecule has 5 heteroatoms. The Kier molecular flexibility index (Phi) is 4.22. The Balaban J connectivity index is 2.15. The fraction of sp³-hybridized carbons (Fsp3) is 0.538. The lowest BCUT2D eigenvalue weighted by Crippen LogP contribution is -2.34. The molecule has 0 bridgehead atoms. The third-order valence-corrected chi connectivity index (χ3v) is 4.28. The number of carbonyl (C=O) groups is 1. The normalized spacial score (nSPS) is 16.6. The second kappa shape index (κ2) is 5.69. The van der Waals surface area contributed by atoms with Crippen molar-refractivity contribution < 1.29 is 4.79 Å². The molecule has 0 N–H and O–H groups in total. The lowest BCUT2D eigenvalue weighted by molar-refractivity contribution is -0.128. The molecule has 0 aromatic carbocycles. The second-order valence-electron chi connectivity index (χ2n) is 4.61. The van der Waals surface area contributed by atoms with Gasteiger partial charge in [0.05, 0.1) is 4.47 Å². The summed E-state index contributed by atoms with van der Waals surface area (Å²) in [6.45, 7) is 7.10. The third-order valence-electron chi connectivity index (χ3n) is 3.30. The molecule has 1 aromatic rings. The smallest absolute Gasteiger partial charge is 0.219 e. The van der Waals surface area contributed by atoms with Crippen molar-refractivity contribution in [1.82, 2.24) is 9.88 Å². The van der Waals surface area contributed by atoms with Crippen LogP contribution in [0.3, 0.4) is 0 Å². The zero-order valence-electron chi connectivity index (χ0n) is 10.8. The number of hydrogen-bond donors (Lipinski definition) is 0. The van der Waals surface area contributed by atoms with E-state index in [9.17, 15) is 4.79 Å². The number of carbonyl (C=O) groups excluding carboxylic acids is 1. The van der Waals surface area contributed by atoms with E-state index in [-0.39, 0.29) is 5.91 Å². The molecule has 1 aromatic heterocycles. The highest BCUT2D eigenvalue weighted by molar-refractivity contribution is 9.10. The highest BCUT2D eigenvalue weighted by Gasteiger charge is 2.19. The van der Waals surface area contributed by atoms with E-state index in [4.69, 9.17) is 0 Å². The minimum absolute atomic E-state index is 0.160. The molecule has 4 nitrogen and oxygen atoms in total. The Morgan fingerprint density at radius 1 is 1.33 bits per heavy atom. The molecule has 1 saturated heterocycles. The molecule has 1 fully saturated rings. The number of halogens is 1. The number of pyridine rings is 1. The molecule has 0 radical (unpaired) electrons. The SMILES string of the molecule is CC(=O)N1CCCN(c2nccc(C)c2Br)CC1. The molecule has 0 saturated carbocycles. The van der Waals surface area contributed by atoms with E-state index in [1.807, 2.05) is 17.2 Å². The molecule has 0 atom stereocenters. The second-order valence-corrected chi connectivity index (χ2v) is 5.41. The fourth-order valence-electron chi connectivity index (χ4n) is 2.19. The van der Waals surface area contributed by atoms with Gasteiger partial charge < -0.3 is 9.80 Å². The summed E-state index contributed by atoms with van der Waals surface area (Å²) < 4.78 is 1.06. The summed E-state index contributed by atoms with van der Waals surface area (Å²) in [4.78, 5) is 20.0. The van der Waals surface area contributed by atoms with Gasteiger partial charge in [0.25, 0.3) is 0 Å². The van der Waals surface area contributed by atoms with E-state index >= 15 is 0 Å². The average molecular weight is 312 g/mol. The molecule has 98 valence electrons. The number of hydrogen-bond acceptors (Lipinski definition) is 3. The van der Waals surface area contributed by atoms with Gasteiger partial charge in [-0.2, -0.15) is 0 Å². The van der Waals surface area contributed by atoms with E-state index < -0.39 is 0 Å². The van der Waals surface area contributed by atoms with E-state index in [2.05, 4.69) is 32.7 Å². The van der Waals surface area contributed by atoms with Crippen LogP contribution in [-0.4, -0.2) is 42.0 Å². The predicted octanol–water partition coefficient (Wildman–Crippen LogP) is 2.21. The number of nitrogens with zero attached hydrogens (tertiary/aromatic N) is 3. The summed E-state index contributed by atoms with van der Waals surface area (Å²) in [5, 5.41) is 0. The quantitative estimate of drug-likeness (QED) is 0.798. The molecule has 0 aliphatic carbocycles. The Hall–Kier alpha value is -1.10. The zero-order chi connectivity index (χ0) is 13.1. The first kappa shape index (κ1) is 13.3. The number of rotatable bonds is 1. The van der Waals surface area contributed by atoms with Crippen molar-refractivity contribution in [2.24, 2.45) is 0 Å². The summed E-state index contributed by atoms with van der Waals surface area (Å²) in [7, 11) is 0. The summed E-state index contributed by atoms with van der Waals surface area (Å²) >= 11 is 3.60. The highest BCUT2D eigenvalue weighted by Crippen LogP contribution is 2.27. The van der Waals surface area contributed by atoms with Crippen molar-refractivity contribution in [1.29, 1.82) is 0 Å². The Bertz CT molecular complexity index is 450. The number of amides is 1. The van der Waals surface area contributed by atoms with Crippen LogP contribution in [-0.2, 0) is 4.79 Å². The van der Waals surface area contributed by atoms with Crippen LogP contribution >= 0.6 is 15.9 Å².